The summed E-state index contributed by atoms with van der Waals surface area (Å²) in [6, 6.07) is 0. The quantitative estimate of drug-likeness (QED) is 0.584. The summed E-state index contributed by atoms with van der Waals surface area (Å²) in [4.78, 5) is 1.81. The van der Waals surface area contributed by atoms with Crippen LogP contribution < -0.4 is 0 Å². The van der Waals surface area contributed by atoms with Gasteiger partial charge >= 0.3 is 91.2 Å². The maximum atomic E-state index is 2.78. The molecule has 1 heterocycles. The van der Waals surface area contributed by atoms with Gasteiger partial charge in [0.1, 0.15) is 0 Å². The molecule has 2 atom stereocenters. The molecule has 1 aliphatic heterocycles. The first-order valence-corrected chi connectivity index (χ1v) is 16.4. The zero-order chi connectivity index (χ0) is 9.98. The number of hydrogen-bond acceptors (Lipinski definition) is 0. The van der Waals surface area contributed by atoms with Crippen LogP contribution in [-0.4, -0.2) is 21.3 Å². The summed E-state index contributed by atoms with van der Waals surface area (Å²) >= 11 is -1.33. The summed E-state index contributed by atoms with van der Waals surface area (Å²) in [6.07, 6.45) is 4.87. The fraction of sp³-hybridized carbons (Fsp3) is 1.00. The molecule has 1 spiro atoms. The van der Waals surface area contributed by atoms with Gasteiger partial charge in [0.2, 0.25) is 0 Å². The predicted octanol–water partition coefficient (Wildman–Crippen LogP) is 3.88. The molecule has 1 saturated heterocycles. The molecule has 4 fully saturated rings. The molecule has 2 unspecified atom stereocenters. The van der Waals surface area contributed by atoms with E-state index >= 15 is 0 Å². The molecule has 4 aliphatic rings. The summed E-state index contributed by atoms with van der Waals surface area (Å²) in [5, 5.41) is 1.07. The van der Waals surface area contributed by atoms with Gasteiger partial charge in [-0.15, -0.1) is 0 Å². The van der Waals surface area contributed by atoms with Crippen LogP contribution in [0.5, 0.6) is 0 Å². The van der Waals surface area contributed by atoms with Crippen molar-refractivity contribution in [2.24, 2.45) is 11.8 Å². The third-order valence-corrected chi connectivity index (χ3v) is 30.6. The van der Waals surface area contributed by atoms with E-state index < -0.39 is 21.3 Å². The van der Waals surface area contributed by atoms with Gasteiger partial charge in [0.25, 0.3) is 0 Å². The zero-order valence-corrected chi connectivity index (χ0v) is 13.1. The van der Waals surface area contributed by atoms with E-state index in [0.29, 0.717) is 0 Å². The summed E-state index contributed by atoms with van der Waals surface area (Å²) in [5.41, 5.74) is 0. The third-order valence-electron chi connectivity index (χ3n) is 6.83. The minimum absolute atomic E-state index is 0.777. The third kappa shape index (κ3) is 0.494. The van der Waals surface area contributed by atoms with Crippen molar-refractivity contribution in [3.05, 3.63) is 0 Å². The van der Waals surface area contributed by atoms with Gasteiger partial charge in [0.15, 0.2) is 0 Å². The van der Waals surface area contributed by atoms with Crippen LogP contribution in [0, 0.1) is 11.8 Å². The molecule has 0 amide bonds. The average Bonchev–Trinajstić information content (AvgIpc) is 2.84. The van der Waals surface area contributed by atoms with E-state index in [0.717, 1.165) is 9.29 Å². The molecule has 0 bridgehead atoms. The predicted molar refractivity (Wildman–Crippen MR) is 66.0 cm³/mol. The fourth-order valence-corrected chi connectivity index (χ4v) is 44.6. The Bertz CT molecular complexity index is 304. The first-order chi connectivity index (χ1) is 6.43. The molecule has 0 N–H and O–H groups in total. The van der Waals surface area contributed by atoms with Crippen molar-refractivity contribution in [2.75, 3.05) is 0 Å². The number of hydrogen-bond donors (Lipinski definition) is 0. The van der Waals surface area contributed by atoms with Crippen LogP contribution in [0.3, 0.4) is 0 Å². The SMILES string of the molecule is C[Si]1(C)[CH2][Ge]([CH3])([CH3])[C]23C4CCCC2C431. The topological polar surface area (TPSA) is 0 Å². The Morgan fingerprint density at radius 2 is 1.71 bits per heavy atom. The van der Waals surface area contributed by atoms with E-state index in [1.165, 1.54) is 11.8 Å². The standard InChI is InChI=1S/C12H22GeSi/c1-13(2)8-14(3,4)12-9-6-5-7-10(12)11(9,12)13/h9-10H,5-8H2,1-4H3. The monoisotopic (exact) mass is 268 g/mol. The van der Waals surface area contributed by atoms with Crippen molar-refractivity contribution < 1.29 is 0 Å². The summed E-state index contributed by atoms with van der Waals surface area (Å²) in [7, 11) is -0.777. The van der Waals surface area contributed by atoms with Crippen molar-refractivity contribution in [1.82, 2.24) is 0 Å². The maximum absolute atomic E-state index is 2.78. The van der Waals surface area contributed by atoms with Crippen molar-refractivity contribution in [3.8, 4) is 0 Å². The van der Waals surface area contributed by atoms with E-state index in [2.05, 4.69) is 24.6 Å². The molecule has 2 heteroatoms. The van der Waals surface area contributed by atoms with Gasteiger partial charge in [0.05, 0.1) is 0 Å². The van der Waals surface area contributed by atoms with Crippen LogP contribution in [0.15, 0.2) is 0 Å². The molecular weight excluding hydrogens is 245 g/mol. The van der Waals surface area contributed by atoms with Crippen LogP contribution in [-0.2, 0) is 0 Å². The Morgan fingerprint density at radius 1 is 1.14 bits per heavy atom. The molecule has 4 rings (SSSR count). The molecular formula is C12H22GeSi. The second-order valence-electron chi connectivity index (χ2n) is 7.72. The Balaban J connectivity index is 1.90. The fourth-order valence-electron chi connectivity index (χ4n) is 7.43. The van der Waals surface area contributed by atoms with Gasteiger partial charge in [0, 0.05) is 0 Å². The van der Waals surface area contributed by atoms with Crippen LogP contribution in [0.2, 0.25) is 38.8 Å². The molecule has 14 heavy (non-hydrogen) atoms. The Hall–Kier alpha value is 0.760. The number of rotatable bonds is 0. The van der Waals surface area contributed by atoms with Crippen LogP contribution in [0.1, 0.15) is 19.3 Å². The van der Waals surface area contributed by atoms with Gasteiger partial charge in [-0.25, -0.2) is 0 Å². The van der Waals surface area contributed by atoms with Crippen molar-refractivity contribution >= 4 is 21.3 Å². The van der Waals surface area contributed by atoms with E-state index in [1.54, 1.807) is 24.1 Å². The molecule has 0 aromatic carbocycles. The Labute approximate surface area is 91.2 Å². The molecule has 0 radical (unpaired) electrons. The molecule has 0 aromatic rings. The van der Waals surface area contributed by atoms with E-state index in [-0.39, 0.29) is 0 Å². The molecule has 0 nitrogen and oxygen atoms in total. The van der Waals surface area contributed by atoms with Crippen LogP contribution >= 0.6 is 0 Å². The second kappa shape index (κ2) is 1.85. The van der Waals surface area contributed by atoms with E-state index in [4.69, 9.17) is 0 Å². The van der Waals surface area contributed by atoms with Crippen molar-refractivity contribution in [2.45, 2.75) is 58.0 Å². The van der Waals surface area contributed by atoms with Gasteiger partial charge in [-0.05, 0) is 0 Å². The van der Waals surface area contributed by atoms with Gasteiger partial charge in [-0.1, -0.05) is 0 Å². The molecule has 3 aliphatic carbocycles. The van der Waals surface area contributed by atoms with E-state index in [9.17, 15) is 0 Å². The summed E-state index contributed by atoms with van der Waals surface area (Å²) in [6.45, 7) is 5.49. The van der Waals surface area contributed by atoms with Gasteiger partial charge < -0.3 is 0 Å². The normalized spacial score (nSPS) is 64.3. The summed E-state index contributed by atoms with van der Waals surface area (Å²) in [5.74, 6) is 8.14. The van der Waals surface area contributed by atoms with Crippen LogP contribution in [0.4, 0.5) is 0 Å². The Kier molecular flexibility index (Phi) is 1.17. The van der Waals surface area contributed by atoms with E-state index in [1.807, 2.05) is 0 Å². The van der Waals surface area contributed by atoms with Crippen LogP contribution in [0.25, 0.3) is 0 Å². The molecule has 3 saturated carbocycles. The first kappa shape index (κ1) is 8.86. The molecule has 0 aromatic heterocycles. The second-order valence-corrected chi connectivity index (χ2v) is 24.5. The van der Waals surface area contributed by atoms with Gasteiger partial charge in [-0.3, -0.25) is 0 Å². The minimum atomic E-state index is -1.33. The average molecular weight is 267 g/mol. The first-order valence-electron chi connectivity index (χ1n) is 6.43. The van der Waals surface area contributed by atoms with Crippen molar-refractivity contribution in [3.63, 3.8) is 0 Å². The zero-order valence-electron chi connectivity index (χ0n) is 9.98. The molecule has 78 valence electrons. The van der Waals surface area contributed by atoms with Crippen molar-refractivity contribution in [1.29, 1.82) is 0 Å². The summed E-state index contributed by atoms with van der Waals surface area (Å²) < 4.78 is 1.10. The Morgan fingerprint density at radius 3 is 2.07 bits per heavy atom. The van der Waals surface area contributed by atoms with Gasteiger partial charge in [-0.2, -0.15) is 0 Å².